The lowest BCUT2D eigenvalue weighted by molar-refractivity contribution is -0.115. The Morgan fingerprint density at radius 3 is 2.42 bits per heavy atom. The summed E-state index contributed by atoms with van der Waals surface area (Å²) < 4.78 is 0. The molecule has 2 rings (SSSR count). The highest BCUT2D eigenvalue weighted by atomic mass is 32.1. The van der Waals surface area contributed by atoms with Crippen LogP contribution in [0.5, 0.6) is 0 Å². The molecule has 138 valence electrons. The first-order valence-electron chi connectivity index (χ1n) is 8.48. The number of nitrogens with zero attached hydrogens (tertiary/aromatic N) is 1. The Bertz CT molecular complexity index is 797. The molecule has 0 atom stereocenters. The third-order valence-electron chi connectivity index (χ3n) is 3.82. The third-order valence-corrected chi connectivity index (χ3v) is 4.82. The fourth-order valence-electron chi connectivity index (χ4n) is 2.43. The molecule has 26 heavy (non-hydrogen) atoms. The van der Waals surface area contributed by atoms with Gasteiger partial charge in [0.05, 0.1) is 11.4 Å². The van der Waals surface area contributed by atoms with Gasteiger partial charge in [0.25, 0.3) is 11.8 Å². The van der Waals surface area contributed by atoms with Crippen LogP contribution in [0.1, 0.15) is 38.8 Å². The Hall–Kier alpha value is -2.67. The zero-order valence-electron chi connectivity index (χ0n) is 15.2. The summed E-state index contributed by atoms with van der Waals surface area (Å²) in [7, 11) is 0. The van der Waals surface area contributed by atoms with Gasteiger partial charge in [0, 0.05) is 29.2 Å². The molecule has 0 aliphatic heterocycles. The average Bonchev–Trinajstić information content (AvgIpc) is 3.07. The maximum atomic E-state index is 12.4. The number of carbonyl (C=O) groups excluding carboxylic acids is 3. The molecule has 0 bridgehead atoms. The summed E-state index contributed by atoms with van der Waals surface area (Å²) in [6.07, 6.45) is 0. The Kier molecular flexibility index (Phi) is 6.91. The predicted octanol–water partition coefficient (Wildman–Crippen LogP) is 2.91. The van der Waals surface area contributed by atoms with Crippen LogP contribution >= 0.6 is 11.3 Å². The van der Waals surface area contributed by atoms with Crippen molar-refractivity contribution in [3.8, 4) is 0 Å². The van der Waals surface area contributed by atoms with Gasteiger partial charge < -0.3 is 15.5 Å². The lowest BCUT2D eigenvalue weighted by atomic mass is 10.1. The second-order valence-electron chi connectivity index (χ2n) is 5.70. The Morgan fingerprint density at radius 2 is 1.81 bits per heavy atom. The van der Waals surface area contributed by atoms with E-state index >= 15 is 0 Å². The number of hydrogen-bond donors (Lipinski definition) is 2. The molecule has 0 aliphatic rings. The third kappa shape index (κ3) is 5.16. The van der Waals surface area contributed by atoms with Crippen molar-refractivity contribution in [1.82, 2.24) is 10.2 Å². The number of hydrogen-bond acceptors (Lipinski definition) is 4. The zero-order valence-corrected chi connectivity index (χ0v) is 16.0. The lowest BCUT2D eigenvalue weighted by Crippen LogP contribution is -2.32. The molecule has 2 aromatic rings. The molecule has 3 amide bonds. The molecular formula is C19H23N3O3S. The fraction of sp³-hybridized carbons (Fsp3) is 0.316. The van der Waals surface area contributed by atoms with Crippen LogP contribution in [0.4, 0.5) is 5.69 Å². The van der Waals surface area contributed by atoms with Crippen molar-refractivity contribution >= 4 is 34.7 Å². The van der Waals surface area contributed by atoms with E-state index in [1.54, 1.807) is 35.2 Å². The number of anilines is 1. The van der Waals surface area contributed by atoms with Crippen molar-refractivity contribution in [3.63, 3.8) is 0 Å². The molecule has 1 heterocycles. The van der Waals surface area contributed by atoms with Gasteiger partial charge in [-0.3, -0.25) is 14.4 Å². The van der Waals surface area contributed by atoms with E-state index in [0.29, 0.717) is 29.2 Å². The van der Waals surface area contributed by atoms with E-state index < -0.39 is 0 Å². The number of rotatable bonds is 7. The quantitative estimate of drug-likeness (QED) is 0.783. The highest BCUT2D eigenvalue weighted by Gasteiger charge is 2.14. The molecule has 0 saturated carbocycles. The number of benzene rings is 1. The van der Waals surface area contributed by atoms with Crippen molar-refractivity contribution in [2.45, 2.75) is 20.8 Å². The standard InChI is InChI=1S/C19H23N3O3S/c1-4-22(5-2)19(25)14-7-6-8-15(11-14)21-17(23)12-20-18(24)16-10-9-13(3)26-16/h6-11H,4-5,12H2,1-3H3,(H,20,24)(H,21,23). The van der Waals surface area contributed by atoms with Gasteiger partial charge in [0.2, 0.25) is 5.91 Å². The molecule has 0 unspecified atom stereocenters. The second-order valence-corrected chi connectivity index (χ2v) is 6.99. The van der Waals surface area contributed by atoms with Gasteiger partial charge in [-0.25, -0.2) is 0 Å². The van der Waals surface area contributed by atoms with E-state index in [0.717, 1.165) is 4.88 Å². The van der Waals surface area contributed by atoms with Gasteiger partial charge >= 0.3 is 0 Å². The molecule has 1 aromatic heterocycles. The molecule has 6 nitrogen and oxygen atoms in total. The normalized spacial score (nSPS) is 10.3. The summed E-state index contributed by atoms with van der Waals surface area (Å²) >= 11 is 1.38. The number of nitrogens with one attached hydrogen (secondary N) is 2. The van der Waals surface area contributed by atoms with Crippen LogP contribution in [0.25, 0.3) is 0 Å². The van der Waals surface area contributed by atoms with Crippen LogP contribution in [0, 0.1) is 6.92 Å². The van der Waals surface area contributed by atoms with Gasteiger partial charge in [-0.1, -0.05) is 6.07 Å². The molecule has 7 heteroatoms. The van der Waals surface area contributed by atoms with Crippen molar-refractivity contribution in [2.75, 3.05) is 25.0 Å². The molecule has 0 saturated heterocycles. The van der Waals surface area contributed by atoms with Crippen molar-refractivity contribution < 1.29 is 14.4 Å². The monoisotopic (exact) mass is 373 g/mol. The van der Waals surface area contributed by atoms with Gasteiger partial charge in [-0.2, -0.15) is 0 Å². The Balaban J connectivity index is 1.93. The number of aryl methyl sites for hydroxylation is 1. The molecule has 0 fully saturated rings. The zero-order chi connectivity index (χ0) is 19.1. The van der Waals surface area contributed by atoms with Crippen LogP contribution in [-0.4, -0.2) is 42.3 Å². The van der Waals surface area contributed by atoms with E-state index in [2.05, 4.69) is 10.6 Å². The van der Waals surface area contributed by atoms with Crippen LogP contribution < -0.4 is 10.6 Å². The molecule has 0 spiro atoms. The largest absolute Gasteiger partial charge is 0.342 e. The van der Waals surface area contributed by atoms with Gasteiger partial charge in [0.15, 0.2) is 0 Å². The van der Waals surface area contributed by atoms with Crippen LogP contribution in [0.2, 0.25) is 0 Å². The highest BCUT2D eigenvalue weighted by molar-refractivity contribution is 7.13. The topological polar surface area (TPSA) is 78.5 Å². The maximum Gasteiger partial charge on any atom is 0.261 e. The van der Waals surface area contributed by atoms with E-state index in [1.165, 1.54) is 11.3 Å². The van der Waals surface area contributed by atoms with Crippen LogP contribution in [0.3, 0.4) is 0 Å². The second kappa shape index (κ2) is 9.15. The van der Waals surface area contributed by atoms with Crippen molar-refractivity contribution in [3.05, 3.63) is 51.7 Å². The van der Waals surface area contributed by atoms with E-state index in [9.17, 15) is 14.4 Å². The summed E-state index contributed by atoms with van der Waals surface area (Å²) in [6, 6.07) is 10.4. The minimum atomic E-state index is -0.348. The first-order valence-corrected chi connectivity index (χ1v) is 9.30. The van der Waals surface area contributed by atoms with E-state index in [-0.39, 0.29) is 24.3 Å². The Morgan fingerprint density at radius 1 is 1.08 bits per heavy atom. The molecular weight excluding hydrogens is 350 g/mol. The van der Waals surface area contributed by atoms with Crippen LogP contribution in [-0.2, 0) is 4.79 Å². The van der Waals surface area contributed by atoms with E-state index in [1.807, 2.05) is 26.8 Å². The average molecular weight is 373 g/mol. The molecule has 0 radical (unpaired) electrons. The summed E-state index contributed by atoms with van der Waals surface area (Å²) in [6.45, 7) is 6.88. The molecule has 2 N–H and O–H groups in total. The molecule has 1 aromatic carbocycles. The SMILES string of the molecule is CCN(CC)C(=O)c1cccc(NC(=O)CNC(=O)c2ccc(C)s2)c1. The van der Waals surface area contributed by atoms with Gasteiger partial charge in [-0.05, 0) is 51.1 Å². The maximum absolute atomic E-state index is 12.4. The van der Waals surface area contributed by atoms with Gasteiger partial charge in [0.1, 0.15) is 0 Å². The summed E-state index contributed by atoms with van der Waals surface area (Å²) in [5, 5.41) is 5.29. The predicted molar refractivity (Wildman–Crippen MR) is 104 cm³/mol. The van der Waals surface area contributed by atoms with Gasteiger partial charge in [-0.15, -0.1) is 11.3 Å². The lowest BCUT2D eigenvalue weighted by Gasteiger charge is -2.19. The summed E-state index contributed by atoms with van der Waals surface area (Å²) in [5.41, 5.74) is 1.04. The molecule has 0 aliphatic carbocycles. The summed E-state index contributed by atoms with van der Waals surface area (Å²) in [5.74, 6) is -0.699. The number of thiophene rings is 1. The first-order chi connectivity index (χ1) is 12.4. The smallest absolute Gasteiger partial charge is 0.261 e. The van der Waals surface area contributed by atoms with Crippen LogP contribution in [0.15, 0.2) is 36.4 Å². The van der Waals surface area contributed by atoms with Crippen molar-refractivity contribution in [2.24, 2.45) is 0 Å². The minimum absolute atomic E-state index is 0.0764. The number of amides is 3. The minimum Gasteiger partial charge on any atom is -0.342 e. The number of carbonyl (C=O) groups is 3. The highest BCUT2D eigenvalue weighted by Crippen LogP contribution is 2.15. The fourth-order valence-corrected chi connectivity index (χ4v) is 3.22. The first kappa shape index (κ1) is 19.7. The van der Waals surface area contributed by atoms with Crippen molar-refractivity contribution in [1.29, 1.82) is 0 Å². The summed E-state index contributed by atoms with van der Waals surface area (Å²) in [4.78, 5) is 39.7. The van der Waals surface area contributed by atoms with E-state index in [4.69, 9.17) is 0 Å². The Labute approximate surface area is 157 Å².